The molecule has 1 aromatic rings. The third-order valence-electron chi connectivity index (χ3n) is 3.15. The molecule has 1 aromatic carbocycles. The van der Waals surface area contributed by atoms with E-state index in [-0.39, 0.29) is 6.10 Å². The Morgan fingerprint density at radius 2 is 1.78 bits per heavy atom. The van der Waals surface area contributed by atoms with Gasteiger partial charge < -0.3 is 9.47 Å². The summed E-state index contributed by atoms with van der Waals surface area (Å²) in [6.45, 7) is 11.0. The summed E-state index contributed by atoms with van der Waals surface area (Å²) in [5.74, 6) is 1.72. The van der Waals surface area contributed by atoms with Gasteiger partial charge in [-0.25, -0.2) is 0 Å². The van der Waals surface area contributed by atoms with E-state index in [0.717, 1.165) is 11.3 Å². The SMILES string of the molecule is C=C[C@H](C)[C@@H](OCc1ccc(OC)cc1)C(C)C. The molecule has 2 atom stereocenters. The molecule has 0 unspecified atom stereocenters. The third kappa shape index (κ3) is 4.19. The fraction of sp³-hybridized carbons (Fsp3) is 0.500. The van der Waals surface area contributed by atoms with Gasteiger partial charge in [0, 0.05) is 5.92 Å². The first-order chi connectivity index (χ1) is 8.58. The van der Waals surface area contributed by atoms with Crippen LogP contribution in [0.25, 0.3) is 0 Å². The molecule has 0 saturated heterocycles. The molecular weight excluding hydrogens is 224 g/mol. The summed E-state index contributed by atoms with van der Waals surface area (Å²) in [7, 11) is 1.67. The molecule has 0 bridgehead atoms. The van der Waals surface area contributed by atoms with Gasteiger partial charge in [-0.15, -0.1) is 6.58 Å². The number of rotatable bonds is 7. The van der Waals surface area contributed by atoms with Crippen molar-refractivity contribution in [3.05, 3.63) is 42.5 Å². The summed E-state index contributed by atoms with van der Waals surface area (Å²) in [4.78, 5) is 0. The molecule has 0 saturated carbocycles. The molecule has 2 nitrogen and oxygen atoms in total. The van der Waals surface area contributed by atoms with Crippen molar-refractivity contribution in [2.24, 2.45) is 11.8 Å². The molecule has 0 N–H and O–H groups in total. The van der Waals surface area contributed by atoms with Crippen LogP contribution in [0.3, 0.4) is 0 Å². The van der Waals surface area contributed by atoms with Gasteiger partial charge in [-0.1, -0.05) is 39.0 Å². The molecule has 0 aliphatic heterocycles. The summed E-state index contributed by atoms with van der Waals surface area (Å²) in [5.41, 5.74) is 1.16. The lowest BCUT2D eigenvalue weighted by Crippen LogP contribution is -2.26. The smallest absolute Gasteiger partial charge is 0.118 e. The van der Waals surface area contributed by atoms with Crippen LogP contribution < -0.4 is 4.74 Å². The zero-order valence-electron chi connectivity index (χ0n) is 11.8. The van der Waals surface area contributed by atoms with Crippen LogP contribution in [0.4, 0.5) is 0 Å². The quantitative estimate of drug-likeness (QED) is 0.677. The highest BCUT2D eigenvalue weighted by molar-refractivity contribution is 5.26. The summed E-state index contributed by atoms with van der Waals surface area (Å²) >= 11 is 0. The monoisotopic (exact) mass is 248 g/mol. The number of hydrogen-bond donors (Lipinski definition) is 0. The van der Waals surface area contributed by atoms with Gasteiger partial charge in [0.25, 0.3) is 0 Å². The highest BCUT2D eigenvalue weighted by Crippen LogP contribution is 2.20. The summed E-state index contributed by atoms with van der Waals surface area (Å²) in [6.07, 6.45) is 2.17. The lowest BCUT2D eigenvalue weighted by molar-refractivity contribution is -0.0116. The Kier molecular flexibility index (Phi) is 5.93. The zero-order valence-corrected chi connectivity index (χ0v) is 11.8. The van der Waals surface area contributed by atoms with Crippen molar-refractivity contribution < 1.29 is 9.47 Å². The van der Waals surface area contributed by atoms with Gasteiger partial charge in [-0.2, -0.15) is 0 Å². The van der Waals surface area contributed by atoms with Crippen molar-refractivity contribution in [3.8, 4) is 5.75 Å². The fourth-order valence-electron chi connectivity index (χ4n) is 2.00. The first-order valence-corrected chi connectivity index (χ1v) is 6.45. The Bertz CT molecular complexity index is 354. The summed E-state index contributed by atoms with van der Waals surface area (Å²) < 4.78 is 11.1. The van der Waals surface area contributed by atoms with E-state index in [0.29, 0.717) is 18.4 Å². The normalized spacial score (nSPS) is 14.3. The van der Waals surface area contributed by atoms with Crippen molar-refractivity contribution in [1.82, 2.24) is 0 Å². The molecule has 0 fully saturated rings. The van der Waals surface area contributed by atoms with E-state index in [1.807, 2.05) is 30.3 Å². The third-order valence-corrected chi connectivity index (χ3v) is 3.15. The first-order valence-electron chi connectivity index (χ1n) is 6.45. The van der Waals surface area contributed by atoms with Crippen LogP contribution in [0.5, 0.6) is 5.75 Å². The molecule has 0 aromatic heterocycles. The summed E-state index contributed by atoms with van der Waals surface area (Å²) in [6, 6.07) is 7.99. The van der Waals surface area contributed by atoms with Crippen LogP contribution in [-0.2, 0) is 11.3 Å². The molecular formula is C16H24O2. The van der Waals surface area contributed by atoms with Crippen molar-refractivity contribution in [2.75, 3.05) is 7.11 Å². The van der Waals surface area contributed by atoms with Gasteiger partial charge >= 0.3 is 0 Å². The predicted octanol–water partition coefficient (Wildman–Crippen LogP) is 4.06. The Hall–Kier alpha value is -1.28. The van der Waals surface area contributed by atoms with E-state index in [1.54, 1.807) is 7.11 Å². The van der Waals surface area contributed by atoms with Crippen LogP contribution in [0, 0.1) is 11.8 Å². The Balaban J connectivity index is 2.58. The number of hydrogen-bond acceptors (Lipinski definition) is 2. The molecule has 0 amide bonds. The van der Waals surface area contributed by atoms with Gasteiger partial charge in [0.1, 0.15) is 5.75 Å². The molecule has 100 valence electrons. The largest absolute Gasteiger partial charge is 0.497 e. The summed E-state index contributed by atoms with van der Waals surface area (Å²) in [5, 5.41) is 0. The van der Waals surface area contributed by atoms with Crippen molar-refractivity contribution in [2.45, 2.75) is 33.5 Å². The topological polar surface area (TPSA) is 18.5 Å². The molecule has 0 aliphatic rings. The Morgan fingerprint density at radius 3 is 2.22 bits per heavy atom. The van der Waals surface area contributed by atoms with E-state index in [2.05, 4.69) is 27.4 Å². The van der Waals surface area contributed by atoms with Gasteiger partial charge in [-0.3, -0.25) is 0 Å². The Morgan fingerprint density at radius 1 is 1.17 bits per heavy atom. The maximum absolute atomic E-state index is 6.00. The number of methoxy groups -OCH3 is 1. The minimum absolute atomic E-state index is 0.213. The van der Waals surface area contributed by atoms with Gasteiger partial charge in [-0.05, 0) is 23.6 Å². The average Bonchev–Trinajstić information content (AvgIpc) is 2.39. The van der Waals surface area contributed by atoms with Crippen molar-refractivity contribution >= 4 is 0 Å². The van der Waals surface area contributed by atoms with Crippen LogP contribution in [0.15, 0.2) is 36.9 Å². The van der Waals surface area contributed by atoms with E-state index < -0.39 is 0 Å². The molecule has 0 aliphatic carbocycles. The molecule has 2 heteroatoms. The zero-order chi connectivity index (χ0) is 13.5. The number of benzene rings is 1. The first kappa shape index (κ1) is 14.8. The van der Waals surface area contributed by atoms with Crippen molar-refractivity contribution in [3.63, 3.8) is 0 Å². The van der Waals surface area contributed by atoms with Crippen molar-refractivity contribution in [1.29, 1.82) is 0 Å². The lowest BCUT2D eigenvalue weighted by Gasteiger charge is -2.25. The average molecular weight is 248 g/mol. The highest BCUT2D eigenvalue weighted by Gasteiger charge is 2.19. The van der Waals surface area contributed by atoms with E-state index in [1.165, 1.54) is 0 Å². The molecule has 0 radical (unpaired) electrons. The number of ether oxygens (including phenoxy) is 2. The maximum atomic E-state index is 6.00. The van der Waals surface area contributed by atoms with Crippen LogP contribution in [0.2, 0.25) is 0 Å². The fourth-order valence-corrected chi connectivity index (χ4v) is 2.00. The van der Waals surface area contributed by atoms with Crippen LogP contribution >= 0.6 is 0 Å². The minimum Gasteiger partial charge on any atom is -0.497 e. The second kappa shape index (κ2) is 7.22. The van der Waals surface area contributed by atoms with Gasteiger partial charge in [0.2, 0.25) is 0 Å². The van der Waals surface area contributed by atoms with Crippen LogP contribution in [0.1, 0.15) is 26.3 Å². The van der Waals surface area contributed by atoms with Gasteiger partial charge in [0.15, 0.2) is 0 Å². The van der Waals surface area contributed by atoms with E-state index >= 15 is 0 Å². The second-order valence-electron chi connectivity index (χ2n) is 4.96. The van der Waals surface area contributed by atoms with Gasteiger partial charge in [0.05, 0.1) is 19.8 Å². The molecule has 18 heavy (non-hydrogen) atoms. The minimum atomic E-state index is 0.213. The molecule has 0 spiro atoms. The highest BCUT2D eigenvalue weighted by atomic mass is 16.5. The molecule has 0 heterocycles. The standard InChI is InChI=1S/C16H24O2/c1-6-13(4)16(12(2)3)18-11-14-7-9-15(17-5)10-8-14/h6-10,12-13,16H,1,11H2,2-5H3/t13-,16-/m0/s1. The maximum Gasteiger partial charge on any atom is 0.118 e. The molecule has 1 rings (SSSR count). The van der Waals surface area contributed by atoms with E-state index in [9.17, 15) is 0 Å². The second-order valence-corrected chi connectivity index (χ2v) is 4.96. The Labute approximate surface area is 111 Å². The predicted molar refractivity (Wildman–Crippen MR) is 75.8 cm³/mol. The lowest BCUT2D eigenvalue weighted by atomic mass is 9.95. The van der Waals surface area contributed by atoms with E-state index in [4.69, 9.17) is 9.47 Å². The van der Waals surface area contributed by atoms with Crippen LogP contribution in [-0.4, -0.2) is 13.2 Å².